The number of carboxylic acid groups (broad SMARTS) is 1. The number of aliphatic carboxylic acids is 1. The van der Waals surface area contributed by atoms with Gasteiger partial charge in [0.1, 0.15) is 12.1 Å². The average molecular weight is 819 g/mol. The van der Waals surface area contributed by atoms with Crippen molar-refractivity contribution in [3.63, 3.8) is 0 Å². The van der Waals surface area contributed by atoms with Gasteiger partial charge in [-0.05, 0) is 70.6 Å². The minimum absolute atomic E-state index is 0.0113. The lowest BCUT2D eigenvalue weighted by Gasteiger charge is -2.18. The molecular formula is C49H90N2O7. The van der Waals surface area contributed by atoms with Crippen LogP contribution >= 0.6 is 0 Å². The highest BCUT2D eigenvalue weighted by Crippen LogP contribution is 2.19. The molecule has 2 unspecified atom stereocenters. The number of carbonyl (C=O) groups is 4. The number of amides is 2. The van der Waals surface area contributed by atoms with E-state index in [9.17, 15) is 19.2 Å². The van der Waals surface area contributed by atoms with Crippen LogP contribution in [0.1, 0.15) is 239 Å². The zero-order chi connectivity index (χ0) is 42.6. The van der Waals surface area contributed by atoms with E-state index in [0.717, 1.165) is 64.2 Å². The molecule has 0 saturated heterocycles. The van der Waals surface area contributed by atoms with Gasteiger partial charge in [0.25, 0.3) is 0 Å². The monoisotopic (exact) mass is 819 g/mol. The van der Waals surface area contributed by atoms with Crippen LogP contribution in [0.15, 0.2) is 24.3 Å². The van der Waals surface area contributed by atoms with Gasteiger partial charge in [-0.2, -0.15) is 0 Å². The molecule has 0 aromatic rings. The molecular weight excluding hydrogens is 729 g/mol. The van der Waals surface area contributed by atoms with Crippen LogP contribution in [0.2, 0.25) is 0 Å². The van der Waals surface area contributed by atoms with Gasteiger partial charge in [0.05, 0.1) is 13.2 Å². The summed E-state index contributed by atoms with van der Waals surface area (Å²) >= 11 is 0. The summed E-state index contributed by atoms with van der Waals surface area (Å²) < 4.78 is 6.04. The standard InChI is InChI=1S/C49H90N2O7/c1-3-5-7-9-11-13-14-15-16-17-18-19-20-21-22-23-24-26-28-33-37-41-48(55)58-44(38-34-30-27-25-12-10-8-6-4-2)39-35-31-29-32-36-40-46(53)50-42-47(54)51-45(43-52)49(56)57/h14-15,17-18,44-45,52H,3-13,16,19-43H2,1-2H3,(H,50,53)(H,51,54)(H,56,57)/b15-14-,18-17-. The van der Waals surface area contributed by atoms with E-state index in [-0.39, 0.29) is 24.5 Å². The Morgan fingerprint density at radius 2 is 0.931 bits per heavy atom. The lowest BCUT2D eigenvalue weighted by atomic mass is 10.0. The van der Waals surface area contributed by atoms with E-state index in [1.807, 2.05) is 0 Å². The Hall–Kier alpha value is -2.68. The summed E-state index contributed by atoms with van der Waals surface area (Å²) in [6.07, 6.45) is 49.3. The van der Waals surface area contributed by atoms with Crippen molar-refractivity contribution in [3.05, 3.63) is 24.3 Å². The van der Waals surface area contributed by atoms with E-state index in [4.69, 9.17) is 14.9 Å². The molecule has 0 rings (SSSR count). The third-order valence-corrected chi connectivity index (χ3v) is 11.0. The van der Waals surface area contributed by atoms with Gasteiger partial charge in [-0.1, -0.05) is 179 Å². The molecule has 338 valence electrons. The van der Waals surface area contributed by atoms with Crippen LogP contribution in [-0.2, 0) is 23.9 Å². The number of esters is 1. The molecule has 0 bridgehead atoms. The fraction of sp³-hybridized carbons (Fsp3) is 0.837. The van der Waals surface area contributed by atoms with Crippen LogP contribution in [0.4, 0.5) is 0 Å². The summed E-state index contributed by atoms with van der Waals surface area (Å²) in [5.74, 6) is -2.28. The number of aliphatic hydroxyl groups excluding tert-OH is 1. The van der Waals surface area contributed by atoms with Gasteiger partial charge in [0.15, 0.2) is 0 Å². The lowest BCUT2D eigenvalue weighted by molar-refractivity contribution is -0.150. The molecule has 9 nitrogen and oxygen atoms in total. The first kappa shape index (κ1) is 55.3. The minimum atomic E-state index is -1.38. The second-order valence-corrected chi connectivity index (χ2v) is 16.6. The van der Waals surface area contributed by atoms with Gasteiger partial charge in [-0.3, -0.25) is 14.4 Å². The highest BCUT2D eigenvalue weighted by molar-refractivity contribution is 5.87. The van der Waals surface area contributed by atoms with Gasteiger partial charge < -0.3 is 25.6 Å². The van der Waals surface area contributed by atoms with Gasteiger partial charge >= 0.3 is 11.9 Å². The van der Waals surface area contributed by atoms with E-state index in [1.165, 1.54) is 141 Å². The Balaban J connectivity index is 4.15. The Morgan fingerprint density at radius 1 is 0.517 bits per heavy atom. The summed E-state index contributed by atoms with van der Waals surface area (Å²) in [4.78, 5) is 47.6. The van der Waals surface area contributed by atoms with E-state index in [2.05, 4.69) is 48.8 Å². The number of aliphatic hydroxyl groups is 1. The third kappa shape index (κ3) is 40.1. The van der Waals surface area contributed by atoms with Gasteiger partial charge in [0, 0.05) is 12.8 Å². The maximum Gasteiger partial charge on any atom is 0.328 e. The second-order valence-electron chi connectivity index (χ2n) is 16.6. The number of carboxylic acids is 1. The first-order valence-electron chi connectivity index (χ1n) is 24.2. The molecule has 0 spiro atoms. The quantitative estimate of drug-likeness (QED) is 0.0272. The van der Waals surface area contributed by atoms with Crippen LogP contribution in [0.3, 0.4) is 0 Å². The molecule has 0 fully saturated rings. The van der Waals surface area contributed by atoms with Gasteiger partial charge in [-0.25, -0.2) is 4.79 Å². The van der Waals surface area contributed by atoms with E-state index < -0.39 is 24.5 Å². The molecule has 0 aromatic carbocycles. The summed E-state index contributed by atoms with van der Waals surface area (Å²) in [6, 6.07) is -1.38. The number of hydrogen-bond acceptors (Lipinski definition) is 6. The molecule has 2 amide bonds. The first-order valence-corrected chi connectivity index (χ1v) is 24.2. The number of allylic oxidation sites excluding steroid dienone is 4. The fourth-order valence-corrected chi connectivity index (χ4v) is 7.22. The SMILES string of the molecule is CCCCCCC/C=C\C/C=C\CCCCCCCCCCCC(=O)OC(CCCCCCCCCCC)CCCCCCCC(=O)NCC(=O)NC(CO)C(=O)O. The molecule has 0 aliphatic rings. The number of rotatable bonds is 44. The Kier molecular flexibility index (Phi) is 41.9. The van der Waals surface area contributed by atoms with Crippen LogP contribution < -0.4 is 10.6 Å². The molecule has 0 aliphatic carbocycles. The maximum absolute atomic E-state index is 12.8. The fourth-order valence-electron chi connectivity index (χ4n) is 7.22. The highest BCUT2D eigenvalue weighted by Gasteiger charge is 2.19. The number of unbranched alkanes of at least 4 members (excludes halogenated alkanes) is 26. The Bertz CT molecular complexity index is 1030. The van der Waals surface area contributed by atoms with Crippen molar-refractivity contribution in [2.75, 3.05) is 13.2 Å². The summed E-state index contributed by atoms with van der Waals surface area (Å²) in [5.41, 5.74) is 0. The van der Waals surface area contributed by atoms with Crippen molar-refractivity contribution in [2.24, 2.45) is 0 Å². The number of nitrogens with one attached hydrogen (secondary N) is 2. The topological polar surface area (TPSA) is 142 Å². The zero-order valence-corrected chi connectivity index (χ0v) is 37.6. The van der Waals surface area contributed by atoms with Crippen molar-refractivity contribution in [1.29, 1.82) is 0 Å². The predicted molar refractivity (Wildman–Crippen MR) is 241 cm³/mol. The van der Waals surface area contributed by atoms with Crippen molar-refractivity contribution in [3.8, 4) is 0 Å². The number of carbonyl (C=O) groups excluding carboxylic acids is 3. The zero-order valence-electron chi connectivity index (χ0n) is 37.6. The van der Waals surface area contributed by atoms with Crippen LogP contribution in [0, 0.1) is 0 Å². The Morgan fingerprint density at radius 3 is 1.38 bits per heavy atom. The predicted octanol–water partition coefficient (Wildman–Crippen LogP) is 12.4. The second kappa shape index (κ2) is 43.9. The highest BCUT2D eigenvalue weighted by atomic mass is 16.5. The smallest absolute Gasteiger partial charge is 0.328 e. The number of hydrogen-bond donors (Lipinski definition) is 4. The molecule has 4 N–H and O–H groups in total. The normalized spacial score (nSPS) is 12.6. The van der Waals surface area contributed by atoms with Crippen molar-refractivity contribution in [2.45, 2.75) is 251 Å². The molecule has 2 atom stereocenters. The summed E-state index contributed by atoms with van der Waals surface area (Å²) in [6.45, 7) is 3.48. The summed E-state index contributed by atoms with van der Waals surface area (Å²) in [7, 11) is 0. The lowest BCUT2D eigenvalue weighted by Crippen LogP contribution is -2.47. The first-order chi connectivity index (χ1) is 28.3. The summed E-state index contributed by atoms with van der Waals surface area (Å²) in [5, 5.41) is 22.6. The molecule has 58 heavy (non-hydrogen) atoms. The van der Waals surface area contributed by atoms with Crippen LogP contribution in [0.5, 0.6) is 0 Å². The molecule has 0 heterocycles. The van der Waals surface area contributed by atoms with Crippen molar-refractivity contribution < 1.29 is 34.1 Å². The van der Waals surface area contributed by atoms with Crippen molar-refractivity contribution >= 4 is 23.8 Å². The number of ether oxygens (including phenoxy) is 1. The third-order valence-electron chi connectivity index (χ3n) is 11.0. The molecule has 0 aliphatic heterocycles. The van der Waals surface area contributed by atoms with Crippen LogP contribution in [-0.4, -0.2) is 59.3 Å². The molecule has 9 heteroatoms. The molecule has 0 radical (unpaired) electrons. The largest absolute Gasteiger partial charge is 0.480 e. The van der Waals surface area contributed by atoms with E-state index in [1.54, 1.807) is 0 Å². The minimum Gasteiger partial charge on any atom is -0.480 e. The van der Waals surface area contributed by atoms with Gasteiger partial charge in [-0.15, -0.1) is 0 Å². The maximum atomic E-state index is 12.8. The van der Waals surface area contributed by atoms with Crippen LogP contribution in [0.25, 0.3) is 0 Å². The molecule has 0 saturated carbocycles. The average Bonchev–Trinajstić information content (AvgIpc) is 3.21. The van der Waals surface area contributed by atoms with E-state index in [0.29, 0.717) is 19.3 Å². The van der Waals surface area contributed by atoms with Gasteiger partial charge in [0.2, 0.25) is 11.8 Å². The molecule has 0 aromatic heterocycles. The Labute approximate surface area is 355 Å². The van der Waals surface area contributed by atoms with Crippen molar-refractivity contribution in [1.82, 2.24) is 10.6 Å². The van der Waals surface area contributed by atoms with E-state index >= 15 is 0 Å².